The van der Waals surface area contributed by atoms with Crippen LogP contribution in [0.5, 0.6) is 0 Å². The van der Waals surface area contributed by atoms with Crippen LogP contribution in [0.25, 0.3) is 0 Å². The summed E-state index contributed by atoms with van der Waals surface area (Å²) in [5.41, 5.74) is 1.70. The molecule has 0 unspecified atom stereocenters. The van der Waals surface area contributed by atoms with E-state index in [9.17, 15) is 18.0 Å². The highest BCUT2D eigenvalue weighted by Gasteiger charge is 2.32. The van der Waals surface area contributed by atoms with Gasteiger partial charge in [0.15, 0.2) is 0 Å². The number of anilines is 1. The number of amides is 2. The van der Waals surface area contributed by atoms with E-state index in [1.54, 1.807) is 37.3 Å². The zero-order valence-corrected chi connectivity index (χ0v) is 23.9. The summed E-state index contributed by atoms with van der Waals surface area (Å²) >= 11 is 12.7. The number of hydrogen-bond acceptors (Lipinski definition) is 4. The first-order chi connectivity index (χ1) is 16.8. The predicted molar refractivity (Wildman–Crippen MR) is 147 cm³/mol. The molecule has 0 aliphatic rings. The van der Waals surface area contributed by atoms with Crippen molar-refractivity contribution in [1.82, 2.24) is 10.2 Å². The fourth-order valence-electron chi connectivity index (χ4n) is 3.70. The lowest BCUT2D eigenvalue weighted by Gasteiger charge is -2.33. The fourth-order valence-corrected chi connectivity index (χ4v) is 5.08. The van der Waals surface area contributed by atoms with Crippen molar-refractivity contribution in [3.63, 3.8) is 0 Å². The summed E-state index contributed by atoms with van der Waals surface area (Å²) in [7, 11) is -3.83. The van der Waals surface area contributed by atoms with Crippen molar-refractivity contribution in [2.24, 2.45) is 0 Å². The molecule has 36 heavy (non-hydrogen) atoms. The van der Waals surface area contributed by atoms with Gasteiger partial charge >= 0.3 is 0 Å². The Morgan fingerprint density at radius 1 is 0.972 bits per heavy atom. The first-order valence-electron chi connectivity index (χ1n) is 11.9. The van der Waals surface area contributed by atoms with Crippen LogP contribution in [0.15, 0.2) is 42.5 Å². The molecule has 198 valence electrons. The zero-order chi connectivity index (χ0) is 27.2. The molecule has 0 heterocycles. The van der Waals surface area contributed by atoms with Crippen LogP contribution in [0.2, 0.25) is 10.0 Å². The first kappa shape index (κ1) is 29.9. The normalized spacial score (nSPS) is 13.2. The fraction of sp³-hybridized carbons (Fsp3) is 0.462. The van der Waals surface area contributed by atoms with E-state index in [2.05, 4.69) is 5.32 Å². The molecule has 2 amide bonds. The van der Waals surface area contributed by atoms with Gasteiger partial charge in [-0.25, -0.2) is 8.42 Å². The van der Waals surface area contributed by atoms with Gasteiger partial charge in [0.1, 0.15) is 12.6 Å². The van der Waals surface area contributed by atoms with Gasteiger partial charge in [-0.2, -0.15) is 0 Å². The van der Waals surface area contributed by atoms with Crippen LogP contribution in [0.1, 0.15) is 58.1 Å². The van der Waals surface area contributed by atoms with E-state index in [0.29, 0.717) is 21.3 Å². The molecule has 2 aromatic carbocycles. The van der Waals surface area contributed by atoms with Crippen LogP contribution in [0.3, 0.4) is 0 Å². The topological polar surface area (TPSA) is 86.8 Å². The molecular formula is C26H35Cl2N3O4S. The highest BCUT2D eigenvalue weighted by molar-refractivity contribution is 7.92. The number of nitrogens with zero attached hydrogens (tertiary/aromatic N) is 2. The Hall–Kier alpha value is -2.29. The molecule has 10 heteroatoms. The van der Waals surface area contributed by atoms with Crippen molar-refractivity contribution >= 4 is 50.7 Å². The number of hydrogen-bond donors (Lipinski definition) is 1. The molecule has 2 atom stereocenters. The molecule has 0 radical (unpaired) electrons. The number of sulfonamides is 1. The van der Waals surface area contributed by atoms with Crippen LogP contribution < -0.4 is 9.62 Å². The molecule has 0 bridgehead atoms. The Bertz CT molecular complexity index is 1170. The quantitative estimate of drug-likeness (QED) is 0.412. The second kappa shape index (κ2) is 12.8. The summed E-state index contributed by atoms with van der Waals surface area (Å²) in [6, 6.07) is 11.1. The summed E-state index contributed by atoms with van der Waals surface area (Å²) in [4.78, 5) is 28.1. The Labute approximate surface area is 224 Å². The van der Waals surface area contributed by atoms with E-state index in [1.807, 2.05) is 39.8 Å². The lowest BCUT2D eigenvalue weighted by Crippen LogP contribution is -2.52. The van der Waals surface area contributed by atoms with E-state index in [-0.39, 0.29) is 24.4 Å². The Morgan fingerprint density at radius 3 is 2.08 bits per heavy atom. The van der Waals surface area contributed by atoms with Gasteiger partial charge < -0.3 is 10.2 Å². The maximum Gasteiger partial charge on any atom is 0.244 e. The summed E-state index contributed by atoms with van der Waals surface area (Å²) in [5.74, 6) is -0.880. The van der Waals surface area contributed by atoms with Crippen LogP contribution in [0, 0.1) is 0 Å². The third kappa shape index (κ3) is 7.60. The van der Waals surface area contributed by atoms with Gasteiger partial charge in [-0.15, -0.1) is 0 Å². The maximum absolute atomic E-state index is 13.7. The molecule has 0 aliphatic heterocycles. The van der Waals surface area contributed by atoms with Gasteiger partial charge in [0, 0.05) is 28.2 Å². The molecule has 0 fully saturated rings. The highest BCUT2D eigenvalue weighted by atomic mass is 35.5. The van der Waals surface area contributed by atoms with Crippen LogP contribution in [-0.2, 0) is 26.2 Å². The number of carbonyl (C=O) groups is 2. The summed E-state index contributed by atoms with van der Waals surface area (Å²) in [6.45, 7) is 8.78. The van der Waals surface area contributed by atoms with E-state index >= 15 is 0 Å². The Balaban J connectivity index is 2.51. The molecule has 2 rings (SSSR count). The van der Waals surface area contributed by atoms with Crippen molar-refractivity contribution in [3.8, 4) is 0 Å². The van der Waals surface area contributed by atoms with E-state index in [4.69, 9.17) is 23.2 Å². The standard InChI is InChI=1S/C26H35Cl2N3O4S/c1-7-18(4)29-26(33)19(5)30(15-21-22(27)12-10-13-23(21)28)25(32)16-31(36(6,34)35)24-14-9-8-11-20(24)17(2)3/h8-14,17-19H,7,15-16H2,1-6H3,(H,29,33)/t18-,19+/m0/s1. The van der Waals surface area contributed by atoms with E-state index < -0.39 is 28.5 Å². The van der Waals surface area contributed by atoms with Crippen LogP contribution >= 0.6 is 23.2 Å². The van der Waals surface area contributed by atoms with Gasteiger partial charge in [-0.05, 0) is 49.9 Å². The highest BCUT2D eigenvalue weighted by Crippen LogP contribution is 2.30. The lowest BCUT2D eigenvalue weighted by molar-refractivity contribution is -0.139. The molecule has 0 spiro atoms. The largest absolute Gasteiger partial charge is 0.352 e. The molecule has 0 saturated carbocycles. The molecule has 0 saturated heterocycles. The number of nitrogens with one attached hydrogen (secondary N) is 1. The second-order valence-corrected chi connectivity index (χ2v) is 11.9. The zero-order valence-electron chi connectivity index (χ0n) is 21.6. The average molecular weight is 557 g/mol. The Morgan fingerprint density at radius 2 is 1.56 bits per heavy atom. The van der Waals surface area contributed by atoms with Gasteiger partial charge in [0.05, 0.1) is 11.9 Å². The SMILES string of the molecule is CC[C@H](C)NC(=O)[C@@H](C)N(Cc1c(Cl)cccc1Cl)C(=O)CN(c1ccccc1C(C)C)S(C)(=O)=O. The molecular weight excluding hydrogens is 521 g/mol. The smallest absolute Gasteiger partial charge is 0.244 e. The maximum atomic E-state index is 13.7. The lowest BCUT2D eigenvalue weighted by atomic mass is 10.0. The number of carbonyl (C=O) groups excluding carboxylic acids is 2. The summed E-state index contributed by atoms with van der Waals surface area (Å²) in [5, 5.41) is 3.58. The van der Waals surface area contributed by atoms with Crippen molar-refractivity contribution in [2.75, 3.05) is 17.1 Å². The molecule has 0 aliphatic carbocycles. The Kier molecular flexibility index (Phi) is 10.6. The van der Waals surface area contributed by atoms with Crippen molar-refractivity contribution < 1.29 is 18.0 Å². The third-order valence-electron chi connectivity index (χ3n) is 6.07. The number of halogens is 2. The minimum atomic E-state index is -3.83. The summed E-state index contributed by atoms with van der Waals surface area (Å²) in [6.07, 6.45) is 1.78. The minimum absolute atomic E-state index is 0.0267. The predicted octanol–water partition coefficient (Wildman–Crippen LogP) is 5.21. The average Bonchev–Trinajstić information content (AvgIpc) is 2.80. The minimum Gasteiger partial charge on any atom is -0.352 e. The van der Waals surface area contributed by atoms with E-state index in [0.717, 1.165) is 22.5 Å². The van der Waals surface area contributed by atoms with E-state index in [1.165, 1.54) is 4.90 Å². The number of rotatable bonds is 11. The molecule has 1 N–H and O–H groups in total. The van der Waals surface area contributed by atoms with Crippen LogP contribution in [-0.4, -0.2) is 50.0 Å². The van der Waals surface area contributed by atoms with Gasteiger partial charge in [-0.3, -0.25) is 13.9 Å². The van der Waals surface area contributed by atoms with Gasteiger partial charge in [0.25, 0.3) is 0 Å². The third-order valence-corrected chi connectivity index (χ3v) is 7.90. The van der Waals surface area contributed by atoms with Gasteiger partial charge in [-0.1, -0.05) is 68.2 Å². The van der Waals surface area contributed by atoms with Crippen molar-refractivity contribution in [3.05, 3.63) is 63.6 Å². The van der Waals surface area contributed by atoms with Crippen molar-refractivity contribution in [2.45, 2.75) is 65.6 Å². The first-order valence-corrected chi connectivity index (χ1v) is 14.5. The van der Waals surface area contributed by atoms with Crippen molar-refractivity contribution in [1.29, 1.82) is 0 Å². The second-order valence-electron chi connectivity index (χ2n) is 9.20. The summed E-state index contributed by atoms with van der Waals surface area (Å²) < 4.78 is 26.8. The number of benzene rings is 2. The molecule has 2 aromatic rings. The molecule has 0 aromatic heterocycles. The van der Waals surface area contributed by atoms with Gasteiger partial charge in [0.2, 0.25) is 21.8 Å². The monoisotopic (exact) mass is 555 g/mol. The number of para-hydroxylation sites is 1. The molecule has 7 nitrogen and oxygen atoms in total. The van der Waals surface area contributed by atoms with Crippen LogP contribution in [0.4, 0.5) is 5.69 Å².